The lowest BCUT2D eigenvalue weighted by molar-refractivity contribution is 0.371. The highest BCUT2D eigenvalue weighted by Gasteiger charge is 1.97. The van der Waals surface area contributed by atoms with Crippen LogP contribution in [-0.4, -0.2) is 13.0 Å². The van der Waals surface area contributed by atoms with Crippen LogP contribution in [0.1, 0.15) is 13.8 Å². The van der Waals surface area contributed by atoms with Crippen molar-refractivity contribution in [1.29, 1.82) is 5.41 Å². The zero-order chi connectivity index (χ0) is 5.86. The summed E-state index contributed by atoms with van der Waals surface area (Å²) in [5, 5.41) is 6.97. The van der Waals surface area contributed by atoms with E-state index in [0.717, 1.165) is 0 Å². The zero-order valence-electron chi connectivity index (χ0n) is 4.99. The molecule has 0 unspecified atom stereocenters. The molecule has 0 atom stereocenters. The third-order valence-electron chi connectivity index (χ3n) is 0.744. The van der Waals surface area contributed by atoms with E-state index in [0.29, 0.717) is 5.90 Å². The Morgan fingerprint density at radius 1 is 1.57 bits per heavy atom. The molecule has 0 saturated carbocycles. The molecule has 42 valence electrons. The van der Waals surface area contributed by atoms with E-state index >= 15 is 0 Å². The Balaban J connectivity index is 3.35. The van der Waals surface area contributed by atoms with Crippen LogP contribution in [0.3, 0.4) is 0 Å². The van der Waals surface area contributed by atoms with Crippen molar-refractivity contribution in [3.63, 3.8) is 0 Å². The fourth-order valence-electron chi connectivity index (χ4n) is 0.236. The van der Waals surface area contributed by atoms with Crippen molar-refractivity contribution in [2.45, 2.75) is 13.8 Å². The first-order valence-electron chi connectivity index (χ1n) is 2.31. The third kappa shape index (κ3) is 2.20. The normalized spacial score (nSPS) is 9.14. The van der Waals surface area contributed by atoms with Gasteiger partial charge in [-0.1, -0.05) is 13.8 Å². The zero-order valence-corrected chi connectivity index (χ0v) is 4.99. The monoisotopic (exact) mass is 101 g/mol. The molecule has 0 aromatic heterocycles. The number of ether oxygens (including phenoxy) is 1. The van der Waals surface area contributed by atoms with Gasteiger partial charge >= 0.3 is 0 Å². The van der Waals surface area contributed by atoms with Crippen LogP contribution >= 0.6 is 0 Å². The van der Waals surface area contributed by atoms with E-state index in [4.69, 9.17) is 5.41 Å². The van der Waals surface area contributed by atoms with Crippen molar-refractivity contribution in [1.82, 2.24) is 0 Å². The Kier molecular flexibility index (Phi) is 2.41. The van der Waals surface area contributed by atoms with Gasteiger partial charge in [0, 0.05) is 5.92 Å². The van der Waals surface area contributed by atoms with Crippen LogP contribution in [0.4, 0.5) is 0 Å². The smallest absolute Gasteiger partial charge is 0.182 e. The summed E-state index contributed by atoms with van der Waals surface area (Å²) in [5.74, 6) is 0.574. The summed E-state index contributed by atoms with van der Waals surface area (Å²) in [6.07, 6.45) is 0. The molecule has 0 saturated heterocycles. The van der Waals surface area contributed by atoms with Crippen LogP contribution in [0.15, 0.2) is 0 Å². The Bertz CT molecular complexity index is 68.5. The maximum Gasteiger partial charge on any atom is 0.182 e. The van der Waals surface area contributed by atoms with Crippen molar-refractivity contribution >= 4 is 5.90 Å². The number of rotatable bonds is 1. The van der Waals surface area contributed by atoms with E-state index in [2.05, 4.69) is 4.74 Å². The standard InChI is InChI=1S/C5H11NO/c1-4(2)5(6)7-3/h4,6H,1-3H3. The highest BCUT2D eigenvalue weighted by atomic mass is 16.5. The molecule has 0 radical (unpaired) electrons. The molecule has 0 rings (SSSR count). The molecule has 2 heteroatoms. The first kappa shape index (κ1) is 6.47. The van der Waals surface area contributed by atoms with Gasteiger partial charge in [-0.15, -0.1) is 0 Å². The predicted molar refractivity (Wildman–Crippen MR) is 29.6 cm³/mol. The molecule has 0 amide bonds. The van der Waals surface area contributed by atoms with E-state index in [1.54, 1.807) is 0 Å². The maximum atomic E-state index is 6.97. The summed E-state index contributed by atoms with van der Waals surface area (Å²) in [4.78, 5) is 0. The van der Waals surface area contributed by atoms with E-state index in [9.17, 15) is 0 Å². The minimum Gasteiger partial charge on any atom is -0.484 e. The lowest BCUT2D eigenvalue weighted by atomic mass is 10.2. The van der Waals surface area contributed by atoms with Crippen LogP contribution in [0.2, 0.25) is 0 Å². The molecular formula is C5H11NO. The van der Waals surface area contributed by atoms with E-state index < -0.39 is 0 Å². The van der Waals surface area contributed by atoms with Gasteiger partial charge in [0.05, 0.1) is 7.11 Å². The molecule has 0 bridgehead atoms. The quantitative estimate of drug-likeness (QED) is 0.391. The molecule has 7 heavy (non-hydrogen) atoms. The van der Waals surface area contributed by atoms with Crippen molar-refractivity contribution in [2.75, 3.05) is 7.11 Å². The minimum atomic E-state index is 0.227. The van der Waals surface area contributed by atoms with Gasteiger partial charge in [0.25, 0.3) is 0 Å². The van der Waals surface area contributed by atoms with Crippen LogP contribution in [0.25, 0.3) is 0 Å². The van der Waals surface area contributed by atoms with Gasteiger partial charge in [0.15, 0.2) is 5.90 Å². The molecule has 0 aromatic rings. The molecule has 2 nitrogen and oxygen atoms in total. The van der Waals surface area contributed by atoms with Gasteiger partial charge in [0.2, 0.25) is 0 Å². The molecule has 0 heterocycles. The van der Waals surface area contributed by atoms with Gasteiger partial charge in [-0.05, 0) is 0 Å². The number of nitrogens with one attached hydrogen (secondary N) is 1. The predicted octanol–water partition coefficient (Wildman–Crippen LogP) is 1.27. The highest BCUT2D eigenvalue weighted by Crippen LogP contribution is 1.92. The Hall–Kier alpha value is -0.530. The molecule has 0 aliphatic heterocycles. The average Bonchev–Trinajstić information content (AvgIpc) is 1.65. The molecule has 0 aromatic carbocycles. The summed E-state index contributed by atoms with van der Waals surface area (Å²) >= 11 is 0. The molecule has 0 fully saturated rings. The molecule has 0 spiro atoms. The van der Waals surface area contributed by atoms with Crippen LogP contribution in [-0.2, 0) is 4.74 Å². The maximum absolute atomic E-state index is 6.97. The minimum absolute atomic E-state index is 0.227. The van der Waals surface area contributed by atoms with Crippen molar-refractivity contribution in [2.24, 2.45) is 5.92 Å². The third-order valence-corrected chi connectivity index (χ3v) is 0.744. The van der Waals surface area contributed by atoms with Gasteiger partial charge in [-0.25, -0.2) is 0 Å². The first-order chi connectivity index (χ1) is 3.18. The summed E-state index contributed by atoms with van der Waals surface area (Å²) in [6, 6.07) is 0. The van der Waals surface area contributed by atoms with Crippen molar-refractivity contribution in [3.05, 3.63) is 0 Å². The highest BCUT2D eigenvalue weighted by molar-refractivity contribution is 5.74. The second kappa shape index (κ2) is 2.61. The molecule has 0 aliphatic rings. The number of hydrogen-bond acceptors (Lipinski definition) is 2. The lowest BCUT2D eigenvalue weighted by Gasteiger charge is -2.02. The number of hydrogen-bond donors (Lipinski definition) is 1. The summed E-state index contributed by atoms with van der Waals surface area (Å²) < 4.78 is 4.59. The summed E-state index contributed by atoms with van der Waals surface area (Å²) in [6.45, 7) is 3.84. The van der Waals surface area contributed by atoms with Crippen LogP contribution in [0.5, 0.6) is 0 Å². The molecule has 0 aliphatic carbocycles. The SMILES string of the molecule is COC(=N)C(C)C. The molecule has 1 N–H and O–H groups in total. The lowest BCUT2D eigenvalue weighted by Crippen LogP contribution is -2.06. The van der Waals surface area contributed by atoms with Gasteiger partial charge in [-0.3, -0.25) is 5.41 Å². The van der Waals surface area contributed by atoms with Crippen LogP contribution in [0, 0.1) is 11.3 Å². The average molecular weight is 101 g/mol. The van der Waals surface area contributed by atoms with Crippen LogP contribution < -0.4 is 0 Å². The second-order valence-electron chi connectivity index (χ2n) is 1.72. The van der Waals surface area contributed by atoms with Gasteiger partial charge in [0.1, 0.15) is 0 Å². The van der Waals surface area contributed by atoms with Crippen molar-refractivity contribution in [3.8, 4) is 0 Å². The van der Waals surface area contributed by atoms with Crippen molar-refractivity contribution < 1.29 is 4.74 Å². The largest absolute Gasteiger partial charge is 0.484 e. The summed E-state index contributed by atoms with van der Waals surface area (Å²) in [5.41, 5.74) is 0. The topological polar surface area (TPSA) is 33.1 Å². The van der Waals surface area contributed by atoms with Gasteiger partial charge < -0.3 is 4.74 Å². The van der Waals surface area contributed by atoms with E-state index in [-0.39, 0.29) is 5.92 Å². The summed E-state index contributed by atoms with van der Waals surface area (Å²) in [7, 11) is 1.52. The fraction of sp³-hybridized carbons (Fsp3) is 0.800. The van der Waals surface area contributed by atoms with E-state index in [1.165, 1.54) is 7.11 Å². The number of methoxy groups -OCH3 is 1. The molecular weight excluding hydrogens is 90.1 g/mol. The Morgan fingerprint density at radius 2 is 2.00 bits per heavy atom. The second-order valence-corrected chi connectivity index (χ2v) is 1.72. The van der Waals surface area contributed by atoms with E-state index in [1.807, 2.05) is 13.8 Å². The Morgan fingerprint density at radius 3 is 2.00 bits per heavy atom. The fourth-order valence-corrected chi connectivity index (χ4v) is 0.236. The van der Waals surface area contributed by atoms with Gasteiger partial charge in [-0.2, -0.15) is 0 Å². The first-order valence-corrected chi connectivity index (χ1v) is 2.31. The Labute approximate surface area is 44.0 Å².